The summed E-state index contributed by atoms with van der Waals surface area (Å²) in [5, 5.41) is 3.34. The van der Waals surface area contributed by atoms with Gasteiger partial charge in [0.25, 0.3) is 0 Å². The van der Waals surface area contributed by atoms with Crippen molar-refractivity contribution in [1.82, 2.24) is 0 Å². The molecule has 0 fully saturated rings. The van der Waals surface area contributed by atoms with Gasteiger partial charge in [-0.25, -0.2) is 0 Å². The molecular weight excluding hydrogens is 226 g/mol. The van der Waals surface area contributed by atoms with Gasteiger partial charge < -0.3 is 15.8 Å². The van der Waals surface area contributed by atoms with Crippen LogP contribution in [0.3, 0.4) is 0 Å². The first-order chi connectivity index (χ1) is 8.60. The molecule has 1 heterocycles. The number of nitrogens with two attached hydrogens (primary N) is 1. The molecule has 18 heavy (non-hydrogen) atoms. The molecule has 0 saturated heterocycles. The van der Waals surface area contributed by atoms with Crippen molar-refractivity contribution in [3.63, 3.8) is 0 Å². The van der Waals surface area contributed by atoms with Gasteiger partial charge in [-0.05, 0) is 30.5 Å². The lowest BCUT2D eigenvalue weighted by atomic mass is 10.1. The van der Waals surface area contributed by atoms with E-state index < -0.39 is 0 Å². The van der Waals surface area contributed by atoms with E-state index in [1.54, 1.807) is 0 Å². The number of aliphatic imine (C=N–C) groups is 1. The molecule has 98 valence electrons. The second-order valence-electron chi connectivity index (χ2n) is 5.02. The van der Waals surface area contributed by atoms with E-state index in [0.717, 1.165) is 35.9 Å². The number of hydrogen-bond acceptors (Lipinski definition) is 3. The Labute approximate surface area is 108 Å². The number of anilines is 2. The Bertz CT molecular complexity index is 454. The third-order valence-corrected chi connectivity index (χ3v) is 2.84. The summed E-state index contributed by atoms with van der Waals surface area (Å²) < 4.78 is 5.93. The second kappa shape index (κ2) is 5.29. The van der Waals surface area contributed by atoms with Crippen LogP contribution in [0.25, 0.3) is 0 Å². The van der Waals surface area contributed by atoms with Crippen LogP contribution in [0.5, 0.6) is 5.75 Å². The highest BCUT2D eigenvalue weighted by Gasteiger charge is 2.24. The van der Waals surface area contributed by atoms with Crippen LogP contribution in [0, 0.1) is 5.92 Å². The van der Waals surface area contributed by atoms with Crippen LogP contribution in [0.4, 0.5) is 11.4 Å². The number of amidine groups is 1. The summed E-state index contributed by atoms with van der Waals surface area (Å²) in [6.45, 7) is 7.21. The molecule has 0 amide bonds. The quantitative estimate of drug-likeness (QED) is 0.807. The maximum absolute atomic E-state index is 5.93. The molecule has 3 N–H and O–H groups in total. The third-order valence-electron chi connectivity index (χ3n) is 2.84. The van der Waals surface area contributed by atoms with E-state index in [4.69, 9.17) is 10.5 Å². The van der Waals surface area contributed by atoms with Gasteiger partial charge in [-0.1, -0.05) is 20.8 Å². The fourth-order valence-electron chi connectivity index (χ4n) is 1.87. The van der Waals surface area contributed by atoms with Gasteiger partial charge in [0.15, 0.2) is 6.10 Å². The first-order valence-corrected chi connectivity index (χ1v) is 6.47. The zero-order valence-corrected chi connectivity index (χ0v) is 11.2. The summed E-state index contributed by atoms with van der Waals surface area (Å²) in [6.07, 6.45) is 0.910. The molecule has 0 aromatic heterocycles. The summed E-state index contributed by atoms with van der Waals surface area (Å²) in [4.78, 5) is 4.60. The molecule has 1 atom stereocenters. The van der Waals surface area contributed by atoms with Crippen molar-refractivity contribution in [2.75, 3.05) is 17.6 Å². The normalized spacial score (nSPS) is 20.4. The predicted molar refractivity (Wildman–Crippen MR) is 76.3 cm³/mol. The Morgan fingerprint density at radius 1 is 1.44 bits per heavy atom. The Morgan fingerprint density at radius 2 is 2.22 bits per heavy atom. The summed E-state index contributed by atoms with van der Waals surface area (Å²) in [5.41, 5.74) is 7.41. The zero-order valence-electron chi connectivity index (χ0n) is 11.2. The maximum atomic E-state index is 5.93. The molecule has 0 bridgehead atoms. The Balaban J connectivity index is 2.25. The summed E-state index contributed by atoms with van der Waals surface area (Å²) >= 11 is 0. The van der Waals surface area contributed by atoms with Crippen LogP contribution >= 0.6 is 0 Å². The Hall–Kier alpha value is -1.71. The minimum Gasteiger partial charge on any atom is -0.480 e. The fraction of sp³-hybridized carbons (Fsp3) is 0.500. The smallest absolute Gasteiger partial charge is 0.155 e. The lowest BCUT2D eigenvalue weighted by molar-refractivity contribution is 0.258. The molecule has 4 heteroatoms. The summed E-state index contributed by atoms with van der Waals surface area (Å²) in [6, 6.07) is 5.63. The van der Waals surface area contributed by atoms with Crippen molar-refractivity contribution >= 4 is 17.2 Å². The van der Waals surface area contributed by atoms with Gasteiger partial charge in [0.05, 0.1) is 5.69 Å². The highest BCUT2D eigenvalue weighted by atomic mass is 16.5. The lowest BCUT2D eigenvalue weighted by Gasteiger charge is -2.28. The Morgan fingerprint density at radius 3 is 2.89 bits per heavy atom. The average Bonchev–Trinajstić information content (AvgIpc) is 2.35. The van der Waals surface area contributed by atoms with Gasteiger partial charge in [0, 0.05) is 12.2 Å². The molecule has 1 aromatic carbocycles. The zero-order chi connectivity index (χ0) is 13.1. The fourth-order valence-corrected chi connectivity index (χ4v) is 1.87. The molecule has 1 aliphatic rings. The van der Waals surface area contributed by atoms with E-state index in [-0.39, 0.29) is 6.10 Å². The van der Waals surface area contributed by atoms with E-state index in [0.29, 0.717) is 5.92 Å². The second-order valence-corrected chi connectivity index (χ2v) is 5.02. The third kappa shape index (κ3) is 2.75. The minimum atomic E-state index is 0.0138. The number of ether oxygens (including phenoxy) is 1. The average molecular weight is 247 g/mol. The van der Waals surface area contributed by atoms with E-state index in [9.17, 15) is 0 Å². The molecule has 2 rings (SSSR count). The standard InChI is InChI=1S/C14H21N3O/c1-4-12-14(16-8-9(2)3)17-11-7-10(15)5-6-13(11)18-12/h5-7,9,12H,4,8,15H2,1-3H3,(H,16,17). The van der Waals surface area contributed by atoms with Crippen molar-refractivity contribution < 1.29 is 4.74 Å². The highest BCUT2D eigenvalue weighted by molar-refractivity contribution is 6.02. The molecular formula is C14H21N3O. The van der Waals surface area contributed by atoms with Crippen LogP contribution in [-0.4, -0.2) is 18.5 Å². The maximum Gasteiger partial charge on any atom is 0.155 e. The molecule has 0 radical (unpaired) electrons. The van der Waals surface area contributed by atoms with Crippen molar-refractivity contribution in [1.29, 1.82) is 0 Å². The van der Waals surface area contributed by atoms with Gasteiger partial charge in [-0.3, -0.25) is 4.99 Å². The van der Waals surface area contributed by atoms with Gasteiger partial charge in [-0.2, -0.15) is 0 Å². The Kier molecular flexibility index (Phi) is 3.75. The first kappa shape index (κ1) is 12.7. The number of benzene rings is 1. The lowest BCUT2D eigenvalue weighted by Crippen LogP contribution is -2.37. The van der Waals surface area contributed by atoms with E-state index in [1.807, 2.05) is 18.2 Å². The highest BCUT2D eigenvalue weighted by Crippen LogP contribution is 2.32. The molecule has 4 nitrogen and oxygen atoms in total. The van der Waals surface area contributed by atoms with Crippen LogP contribution in [-0.2, 0) is 0 Å². The molecule has 1 aliphatic heterocycles. The molecule has 0 spiro atoms. The number of rotatable bonds is 3. The van der Waals surface area contributed by atoms with Gasteiger partial charge in [0.1, 0.15) is 11.6 Å². The van der Waals surface area contributed by atoms with Crippen molar-refractivity contribution in [2.45, 2.75) is 33.3 Å². The molecule has 0 saturated carbocycles. The predicted octanol–water partition coefficient (Wildman–Crippen LogP) is 2.91. The molecule has 0 aliphatic carbocycles. The minimum absolute atomic E-state index is 0.0138. The monoisotopic (exact) mass is 247 g/mol. The molecule has 1 unspecified atom stereocenters. The van der Waals surface area contributed by atoms with Crippen LogP contribution in [0.2, 0.25) is 0 Å². The topological polar surface area (TPSA) is 59.6 Å². The van der Waals surface area contributed by atoms with Crippen LogP contribution in [0.15, 0.2) is 23.2 Å². The number of hydrogen-bond donors (Lipinski definition) is 2. The van der Waals surface area contributed by atoms with E-state index in [2.05, 4.69) is 31.1 Å². The summed E-state index contributed by atoms with van der Waals surface area (Å²) in [7, 11) is 0. The number of fused-ring (bicyclic) bond motifs is 1. The van der Waals surface area contributed by atoms with Crippen LogP contribution in [0.1, 0.15) is 27.2 Å². The van der Waals surface area contributed by atoms with Crippen molar-refractivity contribution in [2.24, 2.45) is 10.9 Å². The number of nitrogens with one attached hydrogen (secondary N) is 1. The van der Waals surface area contributed by atoms with Crippen LogP contribution < -0.4 is 15.8 Å². The number of nitrogens with zero attached hydrogens (tertiary/aromatic N) is 1. The van der Waals surface area contributed by atoms with Gasteiger partial charge in [-0.15, -0.1) is 0 Å². The SMILES string of the molecule is CCC1Oc2ccc(N)cc2NC1=NCC(C)C. The van der Waals surface area contributed by atoms with E-state index in [1.165, 1.54) is 0 Å². The first-order valence-electron chi connectivity index (χ1n) is 6.47. The van der Waals surface area contributed by atoms with Crippen molar-refractivity contribution in [3.05, 3.63) is 18.2 Å². The van der Waals surface area contributed by atoms with Gasteiger partial charge in [0.2, 0.25) is 0 Å². The van der Waals surface area contributed by atoms with E-state index >= 15 is 0 Å². The molecule has 1 aromatic rings. The largest absolute Gasteiger partial charge is 0.480 e. The van der Waals surface area contributed by atoms with Crippen molar-refractivity contribution in [3.8, 4) is 5.75 Å². The summed E-state index contributed by atoms with van der Waals surface area (Å²) in [5.74, 6) is 2.29. The van der Waals surface area contributed by atoms with Gasteiger partial charge >= 0.3 is 0 Å². The number of nitrogen functional groups attached to an aromatic ring is 1.